The first-order valence-electron chi connectivity index (χ1n) is 6.35. The Morgan fingerprint density at radius 3 is 2.94 bits per heavy atom. The number of aryl methyl sites for hydroxylation is 1. The molecule has 0 amide bonds. The van der Waals surface area contributed by atoms with Gasteiger partial charge in [-0.05, 0) is 19.4 Å². The first-order chi connectivity index (χ1) is 8.84. The molecule has 2 aromatic rings. The van der Waals surface area contributed by atoms with Gasteiger partial charge in [0.25, 0.3) is 0 Å². The van der Waals surface area contributed by atoms with Crippen LogP contribution in [0.3, 0.4) is 0 Å². The fraction of sp³-hybridized carbons (Fsp3) is 0.462. The van der Waals surface area contributed by atoms with Crippen molar-refractivity contribution in [3.05, 3.63) is 30.5 Å². The molecule has 0 aliphatic carbocycles. The molecule has 1 aliphatic rings. The zero-order valence-corrected chi connectivity index (χ0v) is 10.5. The fourth-order valence-electron chi connectivity index (χ4n) is 2.50. The monoisotopic (exact) mass is 243 g/mol. The molecule has 0 bridgehead atoms. The Balaban J connectivity index is 1.99. The second-order valence-corrected chi connectivity index (χ2v) is 4.74. The predicted octanol–water partition coefficient (Wildman–Crippen LogP) is 1.34. The second kappa shape index (κ2) is 4.86. The van der Waals surface area contributed by atoms with Gasteiger partial charge in [0, 0.05) is 43.7 Å². The van der Waals surface area contributed by atoms with Crippen LogP contribution in [0.1, 0.15) is 24.5 Å². The average Bonchev–Trinajstić information content (AvgIpc) is 2.86. The van der Waals surface area contributed by atoms with Crippen LogP contribution in [-0.4, -0.2) is 32.8 Å². The van der Waals surface area contributed by atoms with E-state index in [9.17, 15) is 0 Å². The van der Waals surface area contributed by atoms with Gasteiger partial charge in [-0.3, -0.25) is 14.6 Å². The molecule has 0 spiro atoms. The van der Waals surface area contributed by atoms with E-state index in [1.807, 2.05) is 19.4 Å². The Morgan fingerprint density at radius 1 is 1.33 bits per heavy atom. The molecule has 18 heavy (non-hydrogen) atoms. The minimum Gasteiger partial charge on any atom is -0.316 e. The van der Waals surface area contributed by atoms with Gasteiger partial charge in [-0.2, -0.15) is 5.10 Å². The summed E-state index contributed by atoms with van der Waals surface area (Å²) in [6.45, 7) is 2.10. The van der Waals surface area contributed by atoms with Crippen molar-refractivity contribution in [2.24, 2.45) is 7.05 Å². The minimum absolute atomic E-state index is 0.461. The Labute approximate surface area is 106 Å². The molecule has 5 nitrogen and oxygen atoms in total. The molecule has 1 N–H and O–H groups in total. The van der Waals surface area contributed by atoms with Gasteiger partial charge in [-0.1, -0.05) is 0 Å². The summed E-state index contributed by atoms with van der Waals surface area (Å²) in [6, 6.07) is 0. The van der Waals surface area contributed by atoms with E-state index in [4.69, 9.17) is 0 Å². The first-order valence-corrected chi connectivity index (χ1v) is 6.35. The van der Waals surface area contributed by atoms with E-state index in [-0.39, 0.29) is 0 Å². The summed E-state index contributed by atoms with van der Waals surface area (Å²) < 4.78 is 1.80. The molecule has 2 aromatic heterocycles. The highest BCUT2D eigenvalue weighted by Crippen LogP contribution is 2.28. The Morgan fingerprint density at radius 2 is 2.22 bits per heavy atom. The number of rotatable bonds is 2. The van der Waals surface area contributed by atoms with Crippen LogP contribution in [-0.2, 0) is 7.05 Å². The van der Waals surface area contributed by atoms with Gasteiger partial charge < -0.3 is 5.32 Å². The van der Waals surface area contributed by atoms with Gasteiger partial charge >= 0.3 is 0 Å². The van der Waals surface area contributed by atoms with Crippen LogP contribution in [0.4, 0.5) is 0 Å². The third kappa shape index (κ3) is 2.13. The lowest BCUT2D eigenvalue weighted by molar-refractivity contribution is 0.454. The summed E-state index contributed by atoms with van der Waals surface area (Å²) in [7, 11) is 1.92. The number of hydrogen-bond acceptors (Lipinski definition) is 4. The third-order valence-corrected chi connectivity index (χ3v) is 3.39. The van der Waals surface area contributed by atoms with Crippen molar-refractivity contribution in [3.63, 3.8) is 0 Å². The van der Waals surface area contributed by atoms with Gasteiger partial charge in [0.2, 0.25) is 0 Å². The van der Waals surface area contributed by atoms with Crippen molar-refractivity contribution in [3.8, 4) is 11.3 Å². The van der Waals surface area contributed by atoms with Crippen molar-refractivity contribution in [1.29, 1.82) is 0 Å². The first kappa shape index (κ1) is 11.3. The van der Waals surface area contributed by atoms with E-state index in [1.165, 1.54) is 12.8 Å². The molecule has 1 saturated heterocycles. The summed E-state index contributed by atoms with van der Waals surface area (Å²) in [5.41, 5.74) is 3.11. The van der Waals surface area contributed by atoms with Gasteiger partial charge in [-0.25, -0.2) is 0 Å². The summed E-state index contributed by atoms with van der Waals surface area (Å²) >= 11 is 0. The Hall–Kier alpha value is -1.75. The normalized spacial score (nSPS) is 19.9. The zero-order valence-electron chi connectivity index (χ0n) is 10.5. The summed E-state index contributed by atoms with van der Waals surface area (Å²) in [5.74, 6) is 0.461. The lowest BCUT2D eigenvalue weighted by Gasteiger charge is -2.23. The van der Waals surface area contributed by atoms with Crippen LogP contribution >= 0.6 is 0 Å². The SMILES string of the molecule is Cn1cc(-c2nccnc2[C@H]2CCCNC2)cn1. The maximum Gasteiger partial charge on any atom is 0.0952 e. The van der Waals surface area contributed by atoms with E-state index in [0.717, 1.165) is 30.0 Å². The lowest BCUT2D eigenvalue weighted by Crippen LogP contribution is -2.29. The van der Waals surface area contributed by atoms with Crippen LogP contribution < -0.4 is 5.32 Å². The molecule has 3 rings (SSSR count). The van der Waals surface area contributed by atoms with Crippen molar-refractivity contribution in [2.45, 2.75) is 18.8 Å². The van der Waals surface area contributed by atoms with E-state index in [0.29, 0.717) is 5.92 Å². The van der Waals surface area contributed by atoms with Gasteiger partial charge in [-0.15, -0.1) is 0 Å². The van der Waals surface area contributed by atoms with Crippen LogP contribution in [0.15, 0.2) is 24.8 Å². The number of hydrogen-bond donors (Lipinski definition) is 1. The quantitative estimate of drug-likeness (QED) is 0.865. The molecule has 94 valence electrons. The second-order valence-electron chi connectivity index (χ2n) is 4.74. The van der Waals surface area contributed by atoms with Crippen molar-refractivity contribution >= 4 is 0 Å². The molecule has 0 aromatic carbocycles. The number of piperidine rings is 1. The van der Waals surface area contributed by atoms with E-state index < -0.39 is 0 Å². The van der Waals surface area contributed by atoms with E-state index >= 15 is 0 Å². The highest BCUT2D eigenvalue weighted by atomic mass is 15.2. The average molecular weight is 243 g/mol. The fourth-order valence-corrected chi connectivity index (χ4v) is 2.50. The molecule has 5 heteroatoms. The summed E-state index contributed by atoms with van der Waals surface area (Å²) in [4.78, 5) is 9.04. The van der Waals surface area contributed by atoms with Crippen molar-refractivity contribution < 1.29 is 0 Å². The molecule has 0 unspecified atom stereocenters. The molecular weight excluding hydrogens is 226 g/mol. The van der Waals surface area contributed by atoms with Gasteiger partial charge in [0.15, 0.2) is 0 Å². The maximum atomic E-state index is 4.55. The van der Waals surface area contributed by atoms with Crippen LogP contribution in [0, 0.1) is 0 Å². The lowest BCUT2D eigenvalue weighted by atomic mass is 9.93. The smallest absolute Gasteiger partial charge is 0.0952 e. The van der Waals surface area contributed by atoms with Crippen LogP contribution in [0.5, 0.6) is 0 Å². The third-order valence-electron chi connectivity index (χ3n) is 3.39. The van der Waals surface area contributed by atoms with Gasteiger partial charge in [0.05, 0.1) is 17.6 Å². The number of aromatic nitrogens is 4. The van der Waals surface area contributed by atoms with Crippen LogP contribution in [0.2, 0.25) is 0 Å². The van der Waals surface area contributed by atoms with Crippen molar-refractivity contribution in [2.75, 3.05) is 13.1 Å². The largest absolute Gasteiger partial charge is 0.316 e. The number of nitrogens with one attached hydrogen (secondary N) is 1. The van der Waals surface area contributed by atoms with E-state index in [2.05, 4.69) is 20.4 Å². The highest BCUT2D eigenvalue weighted by Gasteiger charge is 2.21. The Kier molecular flexibility index (Phi) is 3.06. The molecule has 1 aliphatic heterocycles. The molecule has 1 fully saturated rings. The zero-order chi connectivity index (χ0) is 12.4. The number of nitrogens with zero attached hydrogens (tertiary/aromatic N) is 4. The summed E-state index contributed by atoms with van der Waals surface area (Å²) in [5, 5.41) is 7.64. The maximum absolute atomic E-state index is 4.55. The standard InChI is InChI=1S/C13H17N5/c1-18-9-11(8-17-18)13-12(15-5-6-16-13)10-3-2-4-14-7-10/h5-6,8-10,14H,2-4,7H2,1H3/t10-/m0/s1. The summed E-state index contributed by atoms with van der Waals surface area (Å²) in [6.07, 6.45) is 9.76. The topological polar surface area (TPSA) is 55.6 Å². The van der Waals surface area contributed by atoms with Crippen LogP contribution in [0.25, 0.3) is 11.3 Å². The minimum atomic E-state index is 0.461. The molecule has 0 radical (unpaired) electrons. The molecular formula is C13H17N5. The van der Waals surface area contributed by atoms with E-state index in [1.54, 1.807) is 17.1 Å². The molecule has 1 atom stereocenters. The predicted molar refractivity (Wildman–Crippen MR) is 69.1 cm³/mol. The molecule has 0 saturated carbocycles. The van der Waals surface area contributed by atoms with Crippen molar-refractivity contribution in [1.82, 2.24) is 25.1 Å². The highest BCUT2D eigenvalue weighted by molar-refractivity contribution is 5.60. The Bertz CT molecular complexity index is 528. The molecule has 3 heterocycles. The van der Waals surface area contributed by atoms with Gasteiger partial charge in [0.1, 0.15) is 0 Å².